The molecule has 0 heterocycles. The van der Waals surface area contributed by atoms with Crippen LogP contribution in [0.25, 0.3) is 0 Å². The van der Waals surface area contributed by atoms with Crippen molar-refractivity contribution in [3.63, 3.8) is 0 Å². The molecule has 5 nitrogen and oxygen atoms in total. The highest BCUT2D eigenvalue weighted by molar-refractivity contribution is 7.99. The van der Waals surface area contributed by atoms with Gasteiger partial charge in [0.25, 0.3) is 0 Å². The molecule has 2 fully saturated rings. The number of nitrogens with one attached hydrogen (secondary N) is 2. The van der Waals surface area contributed by atoms with Gasteiger partial charge in [0.05, 0.1) is 5.92 Å². The second-order valence-electron chi connectivity index (χ2n) is 5.86. The van der Waals surface area contributed by atoms with E-state index in [1.165, 1.54) is 0 Å². The summed E-state index contributed by atoms with van der Waals surface area (Å²) in [7, 11) is 0. The third-order valence-electron chi connectivity index (χ3n) is 4.55. The van der Waals surface area contributed by atoms with Gasteiger partial charge in [-0.15, -0.1) is 0 Å². The topological polar surface area (TPSA) is 78.4 Å². The van der Waals surface area contributed by atoms with Crippen LogP contribution in [0.15, 0.2) is 0 Å². The predicted octanol–water partition coefficient (Wildman–Crippen LogP) is 2.07. The van der Waals surface area contributed by atoms with Crippen LogP contribution in [0.4, 0.5) is 4.79 Å². The fraction of sp³-hybridized carbons (Fsp3) is 0.857. The first-order chi connectivity index (χ1) is 9.60. The number of hydrogen-bond donors (Lipinski definition) is 3. The lowest BCUT2D eigenvalue weighted by molar-refractivity contribution is -0.142. The van der Waals surface area contributed by atoms with E-state index in [2.05, 4.69) is 16.9 Å². The minimum absolute atomic E-state index is 0.0840. The summed E-state index contributed by atoms with van der Waals surface area (Å²) in [5.41, 5.74) is 0. The summed E-state index contributed by atoms with van der Waals surface area (Å²) in [5.74, 6) is -0.934. The third kappa shape index (κ3) is 4.04. The maximum atomic E-state index is 11.9. The van der Waals surface area contributed by atoms with Crippen molar-refractivity contribution in [3.05, 3.63) is 0 Å². The standard InChI is InChI=1S/C14H24N2O3S/c1-20-11-6-5-10(7-11)16-14(19)15-8-9-3-2-4-12(9)13(17)18/h9-12H,2-8H2,1H3,(H,17,18)(H2,15,16,19). The Morgan fingerprint density at radius 3 is 2.70 bits per heavy atom. The van der Waals surface area contributed by atoms with Crippen molar-refractivity contribution >= 4 is 23.8 Å². The van der Waals surface area contributed by atoms with Gasteiger partial charge in [0.15, 0.2) is 0 Å². The molecule has 20 heavy (non-hydrogen) atoms. The Labute approximate surface area is 124 Å². The number of carboxylic acid groups (broad SMARTS) is 1. The molecule has 0 aromatic heterocycles. The highest BCUT2D eigenvalue weighted by Crippen LogP contribution is 2.31. The summed E-state index contributed by atoms with van der Waals surface area (Å²) in [6, 6.07) is 0.124. The number of aliphatic carboxylic acids is 1. The van der Waals surface area contributed by atoms with Gasteiger partial charge in [-0.1, -0.05) is 6.42 Å². The molecule has 2 rings (SSSR count). The zero-order valence-corrected chi connectivity index (χ0v) is 12.7. The van der Waals surface area contributed by atoms with Crippen molar-refractivity contribution in [3.8, 4) is 0 Å². The number of hydrogen-bond acceptors (Lipinski definition) is 3. The molecule has 0 aromatic carbocycles. The fourth-order valence-corrected chi connectivity index (χ4v) is 4.15. The molecule has 0 aliphatic heterocycles. The molecule has 114 valence electrons. The zero-order chi connectivity index (χ0) is 14.5. The summed E-state index contributed by atoms with van der Waals surface area (Å²) in [5, 5.41) is 15.6. The van der Waals surface area contributed by atoms with Gasteiger partial charge in [0.1, 0.15) is 0 Å². The SMILES string of the molecule is CSC1CCC(NC(=O)NCC2CCCC2C(=O)O)C1. The number of rotatable bonds is 5. The van der Waals surface area contributed by atoms with E-state index < -0.39 is 5.97 Å². The van der Waals surface area contributed by atoms with Crippen LogP contribution in [0, 0.1) is 11.8 Å². The molecule has 2 saturated carbocycles. The molecule has 4 atom stereocenters. The van der Waals surface area contributed by atoms with Gasteiger partial charge in [0, 0.05) is 17.8 Å². The van der Waals surface area contributed by atoms with E-state index in [4.69, 9.17) is 5.11 Å². The summed E-state index contributed by atoms with van der Waals surface area (Å²) < 4.78 is 0. The Balaban J connectivity index is 1.69. The van der Waals surface area contributed by atoms with Crippen molar-refractivity contribution in [1.82, 2.24) is 10.6 Å². The van der Waals surface area contributed by atoms with E-state index in [9.17, 15) is 9.59 Å². The summed E-state index contributed by atoms with van der Waals surface area (Å²) in [4.78, 5) is 22.9. The lowest BCUT2D eigenvalue weighted by Crippen LogP contribution is -2.43. The van der Waals surface area contributed by atoms with Gasteiger partial charge in [-0.05, 0) is 44.3 Å². The Hall–Kier alpha value is -0.910. The first-order valence-electron chi connectivity index (χ1n) is 7.40. The van der Waals surface area contributed by atoms with Crippen LogP contribution in [0.2, 0.25) is 0 Å². The number of amides is 2. The molecule has 2 amide bonds. The summed E-state index contributed by atoms with van der Waals surface area (Å²) >= 11 is 1.86. The normalized spacial score (nSPS) is 33.0. The zero-order valence-electron chi connectivity index (χ0n) is 11.9. The molecule has 2 aliphatic carbocycles. The van der Waals surface area contributed by atoms with Crippen LogP contribution >= 0.6 is 11.8 Å². The monoisotopic (exact) mass is 300 g/mol. The number of carboxylic acids is 1. The average Bonchev–Trinajstić information content (AvgIpc) is 3.04. The van der Waals surface area contributed by atoms with Gasteiger partial charge in [0.2, 0.25) is 0 Å². The van der Waals surface area contributed by atoms with Crippen LogP contribution in [0.3, 0.4) is 0 Å². The molecule has 2 aliphatic rings. The Morgan fingerprint density at radius 1 is 1.25 bits per heavy atom. The Morgan fingerprint density at radius 2 is 2.05 bits per heavy atom. The lowest BCUT2D eigenvalue weighted by atomic mass is 9.96. The molecule has 0 aromatic rings. The van der Waals surface area contributed by atoms with E-state index >= 15 is 0 Å². The molecule has 0 spiro atoms. The van der Waals surface area contributed by atoms with E-state index in [0.717, 1.165) is 38.5 Å². The molecule has 0 radical (unpaired) electrons. The van der Waals surface area contributed by atoms with Crippen molar-refractivity contribution < 1.29 is 14.7 Å². The first-order valence-corrected chi connectivity index (χ1v) is 8.69. The van der Waals surface area contributed by atoms with Gasteiger partial charge in [-0.3, -0.25) is 4.79 Å². The maximum Gasteiger partial charge on any atom is 0.315 e. The minimum atomic E-state index is -0.728. The second-order valence-corrected chi connectivity index (χ2v) is 7.00. The van der Waals surface area contributed by atoms with Crippen molar-refractivity contribution in [2.75, 3.05) is 12.8 Å². The number of carbonyl (C=O) groups excluding carboxylic acids is 1. The Bertz CT molecular complexity index is 364. The van der Waals surface area contributed by atoms with Crippen LogP contribution < -0.4 is 10.6 Å². The van der Waals surface area contributed by atoms with Gasteiger partial charge < -0.3 is 15.7 Å². The van der Waals surface area contributed by atoms with Crippen LogP contribution in [0.5, 0.6) is 0 Å². The summed E-state index contributed by atoms with van der Waals surface area (Å²) in [6.45, 7) is 0.474. The van der Waals surface area contributed by atoms with Crippen molar-refractivity contribution in [2.45, 2.75) is 49.8 Å². The van der Waals surface area contributed by atoms with E-state index in [1.54, 1.807) is 0 Å². The highest BCUT2D eigenvalue weighted by Gasteiger charge is 2.33. The highest BCUT2D eigenvalue weighted by atomic mass is 32.2. The van der Waals surface area contributed by atoms with Gasteiger partial charge in [-0.2, -0.15) is 11.8 Å². The smallest absolute Gasteiger partial charge is 0.315 e. The molecule has 6 heteroatoms. The predicted molar refractivity (Wildman–Crippen MR) is 79.9 cm³/mol. The summed E-state index contributed by atoms with van der Waals surface area (Å²) in [6.07, 6.45) is 7.93. The van der Waals surface area contributed by atoms with Crippen molar-refractivity contribution in [2.24, 2.45) is 11.8 Å². The van der Waals surface area contributed by atoms with Crippen LogP contribution in [-0.4, -0.2) is 41.2 Å². The molecular formula is C14H24N2O3S. The van der Waals surface area contributed by atoms with E-state index in [0.29, 0.717) is 11.8 Å². The largest absolute Gasteiger partial charge is 0.481 e. The van der Waals surface area contributed by atoms with Crippen LogP contribution in [-0.2, 0) is 4.79 Å². The number of urea groups is 1. The van der Waals surface area contributed by atoms with Gasteiger partial charge >= 0.3 is 12.0 Å². The molecule has 0 bridgehead atoms. The fourth-order valence-electron chi connectivity index (χ4n) is 3.35. The second kappa shape index (κ2) is 7.20. The molecular weight excluding hydrogens is 276 g/mol. The molecule has 3 N–H and O–H groups in total. The van der Waals surface area contributed by atoms with E-state index in [-0.39, 0.29) is 23.9 Å². The molecule has 0 saturated heterocycles. The Kier molecular flexibility index (Phi) is 5.57. The first kappa shape index (κ1) is 15.5. The number of thioether (sulfide) groups is 1. The quantitative estimate of drug-likeness (QED) is 0.726. The number of carbonyl (C=O) groups is 2. The van der Waals surface area contributed by atoms with E-state index in [1.807, 2.05) is 11.8 Å². The van der Waals surface area contributed by atoms with Crippen molar-refractivity contribution in [1.29, 1.82) is 0 Å². The van der Waals surface area contributed by atoms with Gasteiger partial charge in [-0.25, -0.2) is 4.79 Å². The maximum absolute atomic E-state index is 11.9. The third-order valence-corrected chi connectivity index (χ3v) is 5.65. The average molecular weight is 300 g/mol. The minimum Gasteiger partial charge on any atom is -0.481 e. The lowest BCUT2D eigenvalue weighted by Gasteiger charge is -2.18. The molecule has 4 unspecified atom stereocenters. The van der Waals surface area contributed by atoms with Crippen LogP contribution in [0.1, 0.15) is 38.5 Å².